The largest absolute Gasteiger partial charge is 0.462 e. The van der Waals surface area contributed by atoms with Crippen LogP contribution < -0.4 is 0 Å². The standard InChI is InChI=1S/C20H34O3/c1-5-15(6-2)23-19(22)12-9-14(3)16-10-11-17-18(21)8-7-13-20(16,17)4/h14-17H,5-13H2,1-4H3/t14?,16-,17+,20-/m1/s1. The number of hydrogen-bond donors (Lipinski definition) is 0. The average Bonchev–Trinajstić information content (AvgIpc) is 2.88. The molecule has 0 aromatic heterocycles. The minimum Gasteiger partial charge on any atom is -0.462 e. The minimum atomic E-state index is -0.0510. The summed E-state index contributed by atoms with van der Waals surface area (Å²) in [5.74, 6) is 1.79. The van der Waals surface area contributed by atoms with Gasteiger partial charge in [-0.3, -0.25) is 9.59 Å². The highest BCUT2D eigenvalue weighted by molar-refractivity contribution is 5.83. The zero-order chi connectivity index (χ0) is 17.0. The van der Waals surface area contributed by atoms with Gasteiger partial charge < -0.3 is 4.74 Å². The highest BCUT2D eigenvalue weighted by atomic mass is 16.5. The van der Waals surface area contributed by atoms with Crippen LogP contribution in [0.2, 0.25) is 0 Å². The third-order valence-electron chi connectivity index (χ3n) is 6.64. The third kappa shape index (κ3) is 3.97. The number of hydrogen-bond acceptors (Lipinski definition) is 3. The second-order valence-corrected chi connectivity index (χ2v) is 8.01. The Labute approximate surface area is 141 Å². The van der Waals surface area contributed by atoms with E-state index in [0.29, 0.717) is 24.0 Å². The molecule has 132 valence electrons. The number of esters is 1. The monoisotopic (exact) mass is 322 g/mol. The van der Waals surface area contributed by atoms with Crippen LogP contribution in [-0.4, -0.2) is 17.9 Å². The first kappa shape index (κ1) is 18.5. The van der Waals surface area contributed by atoms with Crippen molar-refractivity contribution < 1.29 is 14.3 Å². The molecule has 0 N–H and O–H groups in total. The summed E-state index contributed by atoms with van der Waals surface area (Å²) in [7, 11) is 0. The van der Waals surface area contributed by atoms with Crippen LogP contribution in [0.4, 0.5) is 0 Å². The van der Waals surface area contributed by atoms with Crippen LogP contribution in [-0.2, 0) is 14.3 Å². The van der Waals surface area contributed by atoms with Gasteiger partial charge in [0.15, 0.2) is 0 Å². The lowest BCUT2D eigenvalue weighted by atomic mass is 9.62. The fourth-order valence-electron chi connectivity index (χ4n) is 5.15. The number of fused-ring (bicyclic) bond motifs is 1. The van der Waals surface area contributed by atoms with Crippen molar-refractivity contribution in [2.45, 2.75) is 91.6 Å². The highest BCUT2D eigenvalue weighted by Crippen LogP contribution is 2.57. The van der Waals surface area contributed by atoms with Gasteiger partial charge in [0.1, 0.15) is 11.9 Å². The smallest absolute Gasteiger partial charge is 0.306 e. The van der Waals surface area contributed by atoms with Crippen LogP contribution in [0.5, 0.6) is 0 Å². The predicted molar refractivity (Wildman–Crippen MR) is 92.0 cm³/mol. The summed E-state index contributed by atoms with van der Waals surface area (Å²) < 4.78 is 5.52. The lowest BCUT2D eigenvalue weighted by molar-refractivity contribution is -0.150. The molecular weight excluding hydrogens is 288 g/mol. The van der Waals surface area contributed by atoms with Gasteiger partial charge in [0.25, 0.3) is 0 Å². The van der Waals surface area contributed by atoms with Gasteiger partial charge in [0.2, 0.25) is 0 Å². The van der Waals surface area contributed by atoms with Gasteiger partial charge in [-0.25, -0.2) is 0 Å². The van der Waals surface area contributed by atoms with Gasteiger partial charge in [-0.15, -0.1) is 0 Å². The van der Waals surface area contributed by atoms with Gasteiger partial charge in [0, 0.05) is 18.8 Å². The Morgan fingerprint density at radius 3 is 2.65 bits per heavy atom. The SMILES string of the molecule is CCC(CC)OC(=O)CCC(C)[C@H]1CC[C@H]2C(=O)CCC[C@]12C. The number of ether oxygens (including phenoxy) is 1. The molecule has 0 amide bonds. The summed E-state index contributed by atoms with van der Waals surface area (Å²) in [6, 6.07) is 0. The van der Waals surface area contributed by atoms with E-state index >= 15 is 0 Å². The van der Waals surface area contributed by atoms with Crippen LogP contribution in [0.1, 0.15) is 85.5 Å². The van der Waals surface area contributed by atoms with Crippen molar-refractivity contribution >= 4 is 11.8 Å². The molecule has 0 aromatic rings. The Morgan fingerprint density at radius 2 is 2.00 bits per heavy atom. The van der Waals surface area contributed by atoms with E-state index < -0.39 is 0 Å². The third-order valence-corrected chi connectivity index (χ3v) is 6.64. The van der Waals surface area contributed by atoms with E-state index in [1.165, 1.54) is 6.42 Å². The van der Waals surface area contributed by atoms with E-state index in [1.807, 2.05) is 0 Å². The molecule has 0 heterocycles. The second-order valence-electron chi connectivity index (χ2n) is 8.01. The lowest BCUT2D eigenvalue weighted by Crippen LogP contribution is -2.39. The molecule has 23 heavy (non-hydrogen) atoms. The van der Waals surface area contributed by atoms with E-state index in [-0.39, 0.29) is 23.4 Å². The topological polar surface area (TPSA) is 43.4 Å². The van der Waals surface area contributed by atoms with Crippen molar-refractivity contribution in [2.24, 2.45) is 23.2 Å². The first-order valence-corrected chi connectivity index (χ1v) is 9.64. The van der Waals surface area contributed by atoms with Crippen molar-refractivity contribution in [3.8, 4) is 0 Å². The van der Waals surface area contributed by atoms with E-state index in [1.54, 1.807) is 0 Å². The molecule has 0 saturated heterocycles. The minimum absolute atomic E-state index is 0.0510. The molecule has 2 rings (SSSR count). The molecule has 0 spiro atoms. The quantitative estimate of drug-likeness (QED) is 0.625. The van der Waals surface area contributed by atoms with Crippen LogP contribution in [0.25, 0.3) is 0 Å². The van der Waals surface area contributed by atoms with Crippen molar-refractivity contribution in [3.63, 3.8) is 0 Å². The zero-order valence-corrected chi connectivity index (χ0v) is 15.4. The average molecular weight is 322 g/mol. The maximum atomic E-state index is 12.2. The summed E-state index contributed by atoms with van der Waals surface area (Å²) in [6.07, 6.45) is 8.47. The lowest BCUT2D eigenvalue weighted by Gasteiger charge is -2.42. The molecule has 0 aromatic carbocycles. The first-order valence-electron chi connectivity index (χ1n) is 9.64. The first-order chi connectivity index (χ1) is 10.9. The summed E-state index contributed by atoms with van der Waals surface area (Å²) >= 11 is 0. The van der Waals surface area contributed by atoms with Crippen molar-refractivity contribution in [1.29, 1.82) is 0 Å². The number of ketones is 1. The Bertz CT molecular complexity index is 427. The molecule has 0 radical (unpaired) electrons. The van der Waals surface area contributed by atoms with Crippen molar-refractivity contribution in [1.82, 2.24) is 0 Å². The van der Waals surface area contributed by atoms with E-state index in [0.717, 1.165) is 44.9 Å². The number of Topliss-reactive ketones (excluding diaryl/α,β-unsaturated/α-hetero) is 1. The van der Waals surface area contributed by atoms with Crippen molar-refractivity contribution in [3.05, 3.63) is 0 Å². The van der Waals surface area contributed by atoms with E-state index in [4.69, 9.17) is 4.74 Å². The summed E-state index contributed by atoms with van der Waals surface area (Å²) in [5, 5.41) is 0. The molecule has 0 aliphatic heterocycles. The van der Waals surface area contributed by atoms with Gasteiger partial charge in [-0.05, 0) is 62.2 Å². The number of rotatable bonds is 7. The van der Waals surface area contributed by atoms with Crippen LogP contribution in [0.15, 0.2) is 0 Å². The van der Waals surface area contributed by atoms with E-state index in [2.05, 4.69) is 27.7 Å². The predicted octanol–water partition coefficient (Wildman–Crippen LogP) is 4.92. The molecule has 4 atom stereocenters. The van der Waals surface area contributed by atoms with Crippen molar-refractivity contribution in [2.75, 3.05) is 0 Å². The Balaban J connectivity index is 1.87. The van der Waals surface area contributed by atoms with Crippen LogP contribution in [0, 0.1) is 23.2 Å². The maximum Gasteiger partial charge on any atom is 0.306 e. The summed E-state index contributed by atoms with van der Waals surface area (Å²) in [6.45, 7) is 8.71. The number of carbonyl (C=O) groups excluding carboxylic acids is 2. The van der Waals surface area contributed by atoms with Gasteiger partial charge >= 0.3 is 5.97 Å². The van der Waals surface area contributed by atoms with Crippen LogP contribution >= 0.6 is 0 Å². The summed E-state index contributed by atoms with van der Waals surface area (Å²) in [5.41, 5.74) is 0.175. The second kappa shape index (κ2) is 7.81. The van der Waals surface area contributed by atoms with Gasteiger partial charge in [-0.2, -0.15) is 0 Å². The molecule has 2 fully saturated rings. The molecule has 0 bridgehead atoms. The molecule has 3 heteroatoms. The molecular formula is C20H34O3. The Hall–Kier alpha value is -0.860. The Kier molecular flexibility index (Phi) is 6.27. The maximum absolute atomic E-state index is 12.2. The molecule has 1 unspecified atom stereocenters. The van der Waals surface area contributed by atoms with Gasteiger partial charge in [0.05, 0.1) is 0 Å². The van der Waals surface area contributed by atoms with E-state index in [9.17, 15) is 9.59 Å². The normalized spacial score (nSPS) is 32.0. The fraction of sp³-hybridized carbons (Fsp3) is 0.900. The summed E-state index contributed by atoms with van der Waals surface area (Å²) in [4.78, 5) is 24.3. The Morgan fingerprint density at radius 1 is 1.30 bits per heavy atom. The molecule has 2 aliphatic carbocycles. The molecule has 3 nitrogen and oxygen atoms in total. The molecule has 2 aliphatic rings. The van der Waals surface area contributed by atoms with Crippen LogP contribution in [0.3, 0.4) is 0 Å². The van der Waals surface area contributed by atoms with Gasteiger partial charge in [-0.1, -0.05) is 27.7 Å². The highest BCUT2D eigenvalue weighted by Gasteiger charge is 2.52. The number of carbonyl (C=O) groups is 2. The fourth-order valence-corrected chi connectivity index (χ4v) is 5.15. The molecule has 2 saturated carbocycles. The zero-order valence-electron chi connectivity index (χ0n) is 15.4.